The van der Waals surface area contributed by atoms with Crippen LogP contribution >= 0.6 is 0 Å². The molecule has 7 aliphatic rings. The molecule has 1 aromatic heterocycles. The Labute approximate surface area is 391 Å². The molecule has 9 rings (SSSR count). The number of hydrogen-bond donors (Lipinski definition) is 1. The van der Waals surface area contributed by atoms with Crippen LogP contribution in [0.2, 0.25) is 0 Å². The molecule has 0 radical (unpaired) electrons. The van der Waals surface area contributed by atoms with E-state index in [0.29, 0.717) is 43.1 Å². The van der Waals surface area contributed by atoms with Gasteiger partial charge < -0.3 is 24.0 Å². The highest BCUT2D eigenvalue weighted by molar-refractivity contribution is 7.91. The van der Waals surface area contributed by atoms with Gasteiger partial charge in [-0.25, -0.2) is 13.4 Å². The predicted molar refractivity (Wildman–Crippen MR) is 251 cm³/mol. The number of nitrogens with zero attached hydrogens (tertiary/aromatic N) is 3. The van der Waals surface area contributed by atoms with Crippen LogP contribution < -0.4 is 14.2 Å². The number of carbonyl (C=O) groups excluding carboxylic acids is 4. The Kier molecular flexibility index (Phi) is 12.9. The van der Waals surface area contributed by atoms with Gasteiger partial charge in [0.1, 0.15) is 18.0 Å². The molecule has 2 bridgehead atoms. The molecule has 1 aromatic carbocycles. The number of benzene rings is 1. The fourth-order valence-electron chi connectivity index (χ4n) is 11.8. The third kappa shape index (κ3) is 9.65. The molecule has 360 valence electrons. The molecule has 4 heterocycles. The van der Waals surface area contributed by atoms with E-state index in [4.69, 9.17) is 19.2 Å². The number of esters is 1. The summed E-state index contributed by atoms with van der Waals surface area (Å²) in [5.41, 5.74) is 0.148. The summed E-state index contributed by atoms with van der Waals surface area (Å²) < 4.78 is 47.6. The fraction of sp³-hybridized carbons (Fsp3) is 0.712. The number of fused-ring (bicyclic) bond motifs is 5. The Morgan fingerprint density at radius 2 is 1.79 bits per heavy atom. The molecule has 2 amide bonds. The normalized spacial score (nSPS) is 30.9. The molecule has 14 heteroatoms. The van der Waals surface area contributed by atoms with Crippen molar-refractivity contribution in [3.05, 3.63) is 42.5 Å². The van der Waals surface area contributed by atoms with E-state index in [1.54, 1.807) is 17.9 Å². The quantitative estimate of drug-likeness (QED) is 0.125. The van der Waals surface area contributed by atoms with Gasteiger partial charge in [-0.1, -0.05) is 64.7 Å². The smallest absolute Gasteiger partial charge is 0.306 e. The lowest BCUT2D eigenvalue weighted by Gasteiger charge is -2.34. The number of nitrogens with one attached hydrogen (secondary N) is 1. The number of allylic oxidation sites excluding steroid dienone is 1. The Balaban J connectivity index is 1.01. The van der Waals surface area contributed by atoms with Crippen molar-refractivity contribution >= 4 is 44.5 Å². The van der Waals surface area contributed by atoms with E-state index < -0.39 is 61.5 Å². The Morgan fingerprint density at radius 1 is 1.02 bits per heavy atom. The van der Waals surface area contributed by atoms with Crippen molar-refractivity contribution in [2.45, 2.75) is 166 Å². The van der Waals surface area contributed by atoms with Gasteiger partial charge in [-0.2, -0.15) is 0 Å². The Morgan fingerprint density at radius 3 is 2.52 bits per heavy atom. The van der Waals surface area contributed by atoms with E-state index in [1.807, 2.05) is 39.0 Å². The molecule has 2 aromatic rings. The summed E-state index contributed by atoms with van der Waals surface area (Å²) in [6.45, 7) is 15.2. The zero-order valence-corrected chi connectivity index (χ0v) is 40.6. The molecule has 3 aliphatic heterocycles. The van der Waals surface area contributed by atoms with Gasteiger partial charge in [0, 0.05) is 31.3 Å². The van der Waals surface area contributed by atoms with E-state index in [0.717, 1.165) is 73.8 Å². The van der Waals surface area contributed by atoms with Crippen LogP contribution in [0.25, 0.3) is 10.9 Å². The zero-order chi connectivity index (χ0) is 46.6. The first kappa shape index (κ1) is 47.0. The largest absolute Gasteiger partial charge is 0.492 e. The number of ether oxygens (including phenoxy) is 3. The SMILES string of the molecule is C=C[C@@H]1C[C@]1(CC(=O)[C@@H]1C[C@@H]2CN1C(=O)[C@H](C(C)(C)C)CC(=O)O[C@@H]1C[C@H]1CCCCCc1c(nc3ccccc3c1OCCCN1CCC3(CCCC3)C1)O2)C(=O)NS(=O)(=O)C1(C)CC1. The third-order valence-electron chi connectivity index (χ3n) is 16.7. The van der Waals surface area contributed by atoms with Gasteiger partial charge in [0.15, 0.2) is 5.78 Å². The molecule has 4 saturated carbocycles. The summed E-state index contributed by atoms with van der Waals surface area (Å²) in [5.74, 6) is -1.57. The van der Waals surface area contributed by atoms with Crippen LogP contribution in [-0.4, -0.2) is 103 Å². The number of carbonyl (C=O) groups is 4. The number of amides is 2. The number of sulfonamides is 1. The number of ketones is 1. The van der Waals surface area contributed by atoms with Crippen molar-refractivity contribution < 1.29 is 41.8 Å². The van der Waals surface area contributed by atoms with Crippen LogP contribution in [0, 0.1) is 34.0 Å². The zero-order valence-electron chi connectivity index (χ0n) is 39.7. The third-order valence-corrected chi connectivity index (χ3v) is 18.9. The second kappa shape index (κ2) is 18.1. The van der Waals surface area contributed by atoms with E-state index in [-0.39, 0.29) is 50.0 Å². The summed E-state index contributed by atoms with van der Waals surface area (Å²) in [7, 11) is -3.97. The second-order valence-electron chi connectivity index (χ2n) is 22.6. The van der Waals surface area contributed by atoms with Crippen molar-refractivity contribution in [2.24, 2.45) is 34.0 Å². The van der Waals surface area contributed by atoms with Gasteiger partial charge in [-0.15, -0.1) is 6.58 Å². The first-order valence-electron chi connectivity index (χ1n) is 25.1. The van der Waals surface area contributed by atoms with Crippen molar-refractivity contribution in [1.29, 1.82) is 0 Å². The number of para-hydroxylation sites is 1. The minimum absolute atomic E-state index is 0.0554. The summed E-state index contributed by atoms with van der Waals surface area (Å²) in [5, 5.41) is 0.919. The molecule has 66 heavy (non-hydrogen) atoms. The number of hydrogen-bond acceptors (Lipinski definition) is 11. The highest BCUT2D eigenvalue weighted by atomic mass is 32.2. The van der Waals surface area contributed by atoms with Gasteiger partial charge in [-0.3, -0.25) is 23.9 Å². The van der Waals surface area contributed by atoms with Crippen LogP contribution in [-0.2, 0) is 40.4 Å². The molecule has 7 atom stereocenters. The fourth-order valence-corrected chi connectivity index (χ4v) is 13.1. The lowest BCUT2D eigenvalue weighted by molar-refractivity contribution is -0.154. The molecule has 6 fully saturated rings. The molecule has 1 spiro atoms. The van der Waals surface area contributed by atoms with Crippen molar-refractivity contribution in [3.63, 3.8) is 0 Å². The predicted octanol–water partition coefficient (Wildman–Crippen LogP) is 7.87. The molecule has 2 saturated heterocycles. The highest BCUT2D eigenvalue weighted by Gasteiger charge is 2.63. The topological polar surface area (TPSA) is 162 Å². The molecular weight excluding hydrogens is 857 g/mol. The first-order chi connectivity index (χ1) is 31.4. The maximum Gasteiger partial charge on any atom is 0.306 e. The number of likely N-dealkylation sites (tertiary alicyclic amines) is 1. The summed E-state index contributed by atoms with van der Waals surface area (Å²) in [6.07, 6.45) is 14.5. The van der Waals surface area contributed by atoms with Crippen molar-refractivity contribution in [2.75, 3.05) is 32.8 Å². The molecule has 13 nitrogen and oxygen atoms in total. The van der Waals surface area contributed by atoms with E-state index in [2.05, 4.69) is 22.3 Å². The first-order valence-corrected chi connectivity index (χ1v) is 26.6. The number of aromatic nitrogens is 1. The van der Waals surface area contributed by atoms with Crippen LogP contribution in [0.4, 0.5) is 0 Å². The molecular formula is C52H72N4O9S. The summed E-state index contributed by atoms with van der Waals surface area (Å²) in [4.78, 5) is 66.6. The molecule has 1 N–H and O–H groups in total. The Hall–Kier alpha value is -4.04. The van der Waals surface area contributed by atoms with E-state index >= 15 is 4.79 Å². The van der Waals surface area contributed by atoms with Crippen molar-refractivity contribution in [3.8, 4) is 11.6 Å². The van der Waals surface area contributed by atoms with Gasteiger partial charge in [0.2, 0.25) is 27.7 Å². The van der Waals surface area contributed by atoms with Gasteiger partial charge in [0.25, 0.3) is 0 Å². The number of Topliss-reactive ketones (excluding diaryl/α,β-unsaturated/α-hetero) is 1. The average molecular weight is 929 g/mol. The number of pyridine rings is 1. The molecule has 4 aliphatic carbocycles. The number of rotatable bonds is 12. The van der Waals surface area contributed by atoms with E-state index in [1.165, 1.54) is 38.6 Å². The van der Waals surface area contributed by atoms with Crippen LogP contribution in [0.5, 0.6) is 11.6 Å². The minimum Gasteiger partial charge on any atom is -0.492 e. The lowest BCUT2D eigenvalue weighted by atomic mass is 9.77. The second-order valence-corrected chi connectivity index (χ2v) is 24.8. The standard InChI is InChI=1S/C52H72N4O9S/c1-6-35-30-52(35,48(60)54-66(61,62)50(5)21-22-50)31-42(57)41-28-36-32-56(41)47(59)39(49(2,3)4)29-44(58)65-43-27-34(43)15-8-7-9-17-38-45(37-16-10-11-18-40(37)53-46(38)64-36)63-26-14-24-55-25-23-51(33-55)19-12-13-20-51/h6,10-11,16,18,34-36,39,41,43H,1,7-9,12-15,17,19-33H2,2-5H3,(H,54,60)/t34-,35-,36-,39-,41+,43-,52-/m1/s1. The van der Waals surface area contributed by atoms with Crippen LogP contribution in [0.3, 0.4) is 0 Å². The van der Waals surface area contributed by atoms with E-state index in [9.17, 15) is 22.8 Å². The maximum absolute atomic E-state index is 15.0. The monoisotopic (exact) mass is 929 g/mol. The van der Waals surface area contributed by atoms with Crippen molar-refractivity contribution in [1.82, 2.24) is 19.5 Å². The van der Waals surface area contributed by atoms with Crippen LogP contribution in [0.1, 0.15) is 142 Å². The highest BCUT2D eigenvalue weighted by Crippen LogP contribution is 2.57. The molecule has 0 unspecified atom stereocenters. The van der Waals surface area contributed by atoms with Gasteiger partial charge in [0.05, 0.1) is 52.8 Å². The summed E-state index contributed by atoms with van der Waals surface area (Å²) >= 11 is 0. The minimum atomic E-state index is -3.97. The van der Waals surface area contributed by atoms with Gasteiger partial charge in [-0.05, 0) is 119 Å². The van der Waals surface area contributed by atoms with Crippen LogP contribution in [0.15, 0.2) is 36.9 Å². The Bertz CT molecular complexity index is 2330. The maximum atomic E-state index is 15.0. The summed E-state index contributed by atoms with van der Waals surface area (Å²) in [6, 6.07) is 6.96. The average Bonchev–Trinajstić information content (AvgIpc) is 4.20. The van der Waals surface area contributed by atoms with Gasteiger partial charge >= 0.3 is 5.97 Å². The lowest BCUT2D eigenvalue weighted by Crippen LogP contribution is -2.49.